The number of nitrogens with zero attached hydrogens (tertiary/aromatic N) is 1. The molecule has 0 saturated heterocycles. The molecule has 138 valence electrons. The number of carbonyl (C=O) groups is 2. The Morgan fingerprint density at radius 3 is 2.62 bits per heavy atom. The van der Waals surface area contributed by atoms with Crippen molar-refractivity contribution in [3.63, 3.8) is 0 Å². The molecule has 0 bridgehead atoms. The monoisotopic (exact) mass is 372 g/mol. The van der Waals surface area contributed by atoms with E-state index >= 15 is 0 Å². The summed E-state index contributed by atoms with van der Waals surface area (Å²) in [6, 6.07) is 5.25. The molecule has 0 unspecified atom stereocenters. The van der Waals surface area contributed by atoms with Gasteiger partial charge in [0.15, 0.2) is 5.78 Å². The number of amides is 1. The lowest BCUT2D eigenvalue weighted by atomic mass is 9.50. The van der Waals surface area contributed by atoms with Gasteiger partial charge in [-0.2, -0.15) is 0 Å². The van der Waals surface area contributed by atoms with Gasteiger partial charge in [-0.25, -0.2) is 0 Å². The highest BCUT2D eigenvalue weighted by atomic mass is 35.5. The molecule has 0 aromatic heterocycles. The number of hydrogen-bond acceptors (Lipinski definition) is 3. The Kier molecular flexibility index (Phi) is 4.60. The smallest absolute Gasteiger partial charge is 0.211 e. The Morgan fingerprint density at radius 1 is 1.35 bits per heavy atom. The molecule has 1 saturated carbocycles. The highest BCUT2D eigenvalue weighted by Crippen LogP contribution is 2.57. The number of benzene rings is 1. The fraction of sp³-hybridized carbons (Fsp3) is 0.476. The molecule has 26 heavy (non-hydrogen) atoms. The van der Waals surface area contributed by atoms with Crippen molar-refractivity contribution in [3.05, 3.63) is 42.0 Å². The zero-order valence-corrected chi connectivity index (χ0v) is 16.2. The number of hydrogen-bond donors (Lipinski definition) is 1. The lowest BCUT2D eigenvalue weighted by Crippen LogP contribution is -2.59. The van der Waals surface area contributed by atoms with E-state index in [0.29, 0.717) is 24.1 Å². The van der Waals surface area contributed by atoms with Crippen molar-refractivity contribution >= 4 is 36.2 Å². The van der Waals surface area contributed by atoms with Crippen LogP contribution < -0.4 is 5.32 Å². The molecule has 1 amide bonds. The van der Waals surface area contributed by atoms with Crippen molar-refractivity contribution in [2.24, 2.45) is 22.2 Å². The average Bonchev–Trinajstić information content (AvgIpc) is 2.61. The summed E-state index contributed by atoms with van der Waals surface area (Å²) in [5.74, 6) is -0.300. The number of rotatable bonds is 4. The van der Waals surface area contributed by atoms with E-state index in [2.05, 4.69) is 37.5 Å². The normalized spacial score (nSPS) is 35.0. The summed E-state index contributed by atoms with van der Waals surface area (Å²) in [4.78, 5) is 29.0. The van der Waals surface area contributed by atoms with Crippen molar-refractivity contribution < 1.29 is 9.59 Å². The van der Waals surface area contributed by atoms with E-state index in [1.54, 1.807) is 6.07 Å². The van der Waals surface area contributed by atoms with Crippen LogP contribution in [0.5, 0.6) is 0 Å². The van der Waals surface area contributed by atoms with Crippen molar-refractivity contribution in [3.8, 4) is 0 Å². The summed E-state index contributed by atoms with van der Waals surface area (Å²) in [5.41, 5.74) is 1.28. The molecule has 0 heterocycles. The Balaban J connectivity index is 2.25. The van der Waals surface area contributed by atoms with Crippen LogP contribution in [0.2, 0.25) is 0 Å². The third kappa shape index (κ3) is 2.38. The largest absolute Gasteiger partial charge is 0.328 e. The van der Waals surface area contributed by atoms with E-state index in [-0.39, 0.29) is 34.5 Å². The molecule has 1 aromatic rings. The molecular weight excluding hydrogens is 348 g/mol. The third-order valence-corrected chi connectivity index (χ3v) is 7.28. The minimum Gasteiger partial charge on any atom is -0.328 e. The number of halogens is 1. The first-order valence-electron chi connectivity index (χ1n) is 8.85. The SMILES string of the molecule is C=C[C@@]1(C)[C@H](Cl)C[C@H]2[C@@H](C(=O)c3c(NC=O)cccc3C2(C)C)[C@H]1N=C. The Hall–Kier alpha value is -1.94. The van der Waals surface area contributed by atoms with Crippen molar-refractivity contribution in [1.29, 1.82) is 0 Å². The van der Waals surface area contributed by atoms with Crippen LogP contribution in [-0.2, 0) is 10.2 Å². The van der Waals surface area contributed by atoms with Gasteiger partial charge in [-0.15, -0.1) is 18.2 Å². The average molecular weight is 373 g/mol. The van der Waals surface area contributed by atoms with Crippen LogP contribution in [0.15, 0.2) is 35.8 Å². The Labute approximate surface area is 159 Å². The maximum absolute atomic E-state index is 13.6. The van der Waals surface area contributed by atoms with E-state index in [1.165, 1.54) is 0 Å². The summed E-state index contributed by atoms with van der Waals surface area (Å²) >= 11 is 6.77. The zero-order chi connectivity index (χ0) is 19.3. The lowest BCUT2D eigenvalue weighted by molar-refractivity contribution is -0.105. The van der Waals surface area contributed by atoms with Crippen molar-refractivity contribution in [2.45, 2.75) is 44.0 Å². The minimum absolute atomic E-state index is 0.00307. The molecule has 5 heteroatoms. The fourth-order valence-corrected chi connectivity index (χ4v) is 5.36. The highest BCUT2D eigenvalue weighted by Gasteiger charge is 2.59. The van der Waals surface area contributed by atoms with Gasteiger partial charge in [0.1, 0.15) is 0 Å². The number of carbonyl (C=O) groups excluding carboxylic acids is 2. The number of alkyl halides is 1. The summed E-state index contributed by atoms with van der Waals surface area (Å²) in [7, 11) is 0. The van der Waals surface area contributed by atoms with E-state index in [0.717, 1.165) is 5.56 Å². The molecular formula is C21H25ClN2O2. The summed E-state index contributed by atoms with van der Waals surface area (Å²) < 4.78 is 0. The van der Waals surface area contributed by atoms with Gasteiger partial charge in [0.05, 0.1) is 11.7 Å². The van der Waals surface area contributed by atoms with Gasteiger partial charge in [-0.05, 0) is 36.1 Å². The quantitative estimate of drug-likeness (QED) is 0.372. The molecule has 1 aromatic carbocycles. The van der Waals surface area contributed by atoms with Crippen LogP contribution in [0.4, 0.5) is 5.69 Å². The molecule has 3 rings (SSSR count). The molecule has 0 spiro atoms. The number of aliphatic imine (C=N–C) groups is 1. The topological polar surface area (TPSA) is 58.5 Å². The number of Topliss-reactive ketones (excluding diaryl/α,β-unsaturated/α-hetero) is 1. The van der Waals surface area contributed by atoms with Crippen LogP contribution in [0, 0.1) is 17.3 Å². The summed E-state index contributed by atoms with van der Waals surface area (Å²) in [5, 5.41) is 2.50. The standard InChI is InChI=1S/C21H25ClN2O2/c1-6-21(4)15(22)10-13-17(19(21)23-5)18(26)16-12(20(13,2)3)8-7-9-14(16)24-11-25/h6-9,11,13,15,17,19H,1,5,10H2,2-4H3,(H,24,25)/t13-,15+,17-,19+,21-/m0/s1. The van der Waals surface area contributed by atoms with Crippen LogP contribution >= 0.6 is 11.6 Å². The fourth-order valence-electron chi connectivity index (χ4n) is 4.95. The second-order valence-corrected chi connectivity index (χ2v) is 8.64. The Morgan fingerprint density at radius 2 is 2.04 bits per heavy atom. The van der Waals surface area contributed by atoms with Crippen LogP contribution in [-0.4, -0.2) is 30.3 Å². The van der Waals surface area contributed by atoms with Gasteiger partial charge in [0, 0.05) is 22.3 Å². The molecule has 2 aliphatic carbocycles. The predicted molar refractivity (Wildman–Crippen MR) is 106 cm³/mol. The maximum Gasteiger partial charge on any atom is 0.211 e. The summed E-state index contributed by atoms with van der Waals surface area (Å²) in [6.45, 7) is 14.0. The molecule has 1 N–H and O–H groups in total. The first-order valence-corrected chi connectivity index (χ1v) is 9.29. The van der Waals surface area contributed by atoms with Crippen LogP contribution in [0.1, 0.15) is 43.1 Å². The van der Waals surface area contributed by atoms with Gasteiger partial charge in [-0.3, -0.25) is 14.6 Å². The minimum atomic E-state index is -0.513. The van der Waals surface area contributed by atoms with Crippen LogP contribution in [0.25, 0.3) is 0 Å². The second-order valence-electron chi connectivity index (χ2n) is 8.11. The van der Waals surface area contributed by atoms with Gasteiger partial charge in [0.2, 0.25) is 6.41 Å². The van der Waals surface area contributed by atoms with E-state index < -0.39 is 5.41 Å². The Bertz CT molecular complexity index is 788. The second kappa shape index (κ2) is 6.34. The van der Waals surface area contributed by atoms with E-state index in [4.69, 9.17) is 11.6 Å². The first-order chi connectivity index (χ1) is 12.2. The van der Waals surface area contributed by atoms with Gasteiger partial charge >= 0.3 is 0 Å². The predicted octanol–water partition coefficient (Wildman–Crippen LogP) is 4.23. The third-order valence-electron chi connectivity index (χ3n) is 6.63. The zero-order valence-electron chi connectivity index (χ0n) is 15.5. The van der Waals surface area contributed by atoms with Crippen molar-refractivity contribution in [2.75, 3.05) is 5.32 Å². The molecule has 4 nitrogen and oxygen atoms in total. The molecule has 0 radical (unpaired) electrons. The van der Waals surface area contributed by atoms with Gasteiger partial charge < -0.3 is 5.32 Å². The number of nitrogens with one attached hydrogen (secondary N) is 1. The molecule has 2 aliphatic rings. The first kappa shape index (κ1) is 18.8. The van der Waals surface area contributed by atoms with E-state index in [9.17, 15) is 9.59 Å². The molecule has 1 fully saturated rings. The van der Waals surface area contributed by atoms with Crippen molar-refractivity contribution in [1.82, 2.24) is 0 Å². The lowest BCUT2D eigenvalue weighted by Gasteiger charge is -2.55. The van der Waals surface area contributed by atoms with Crippen LogP contribution in [0.3, 0.4) is 0 Å². The van der Waals surface area contributed by atoms with Gasteiger partial charge in [-0.1, -0.05) is 39.0 Å². The molecule has 5 atom stereocenters. The number of fused-ring (bicyclic) bond motifs is 2. The van der Waals surface area contributed by atoms with E-state index in [1.807, 2.05) is 25.1 Å². The maximum atomic E-state index is 13.6. The summed E-state index contributed by atoms with van der Waals surface area (Å²) in [6.07, 6.45) is 3.12. The highest BCUT2D eigenvalue weighted by molar-refractivity contribution is 6.21. The molecule has 0 aliphatic heterocycles. The number of ketones is 1. The van der Waals surface area contributed by atoms with Gasteiger partial charge in [0.25, 0.3) is 0 Å². The number of anilines is 1.